The summed E-state index contributed by atoms with van der Waals surface area (Å²) in [5, 5.41) is 2.46. The highest BCUT2D eigenvalue weighted by Gasteiger charge is 2.35. The summed E-state index contributed by atoms with van der Waals surface area (Å²) in [4.78, 5) is 16.9. The molecule has 0 bridgehead atoms. The molecule has 2 heterocycles. The van der Waals surface area contributed by atoms with Gasteiger partial charge in [-0.3, -0.25) is 0 Å². The Labute approximate surface area is 204 Å². The number of guanidine groups is 1. The number of rotatable bonds is 6. The summed E-state index contributed by atoms with van der Waals surface area (Å²) in [6, 6.07) is 8.26. The van der Waals surface area contributed by atoms with Crippen LogP contribution in [-0.4, -0.2) is 49.0 Å². The molecule has 1 aromatic carbocycles. The minimum absolute atomic E-state index is 0.0985. The number of aryl methyl sites for hydroxylation is 2. The number of benzene rings is 1. The van der Waals surface area contributed by atoms with E-state index in [9.17, 15) is 16.8 Å². The number of sulfonamides is 2. The maximum atomic E-state index is 13.3. The van der Waals surface area contributed by atoms with Crippen molar-refractivity contribution in [1.29, 1.82) is 0 Å². The quantitative estimate of drug-likeness (QED) is 0.204. The van der Waals surface area contributed by atoms with E-state index in [-0.39, 0.29) is 24.4 Å². The molecule has 0 saturated carbocycles. The van der Waals surface area contributed by atoms with Crippen molar-refractivity contribution >= 4 is 66.5 Å². The molecule has 2 N–H and O–H groups in total. The van der Waals surface area contributed by atoms with E-state index in [1.165, 1.54) is 30.3 Å². The summed E-state index contributed by atoms with van der Waals surface area (Å²) < 4.78 is 55.1. The molecule has 0 aliphatic carbocycles. The molecule has 0 aliphatic rings. The van der Waals surface area contributed by atoms with Gasteiger partial charge in [0.2, 0.25) is 0 Å². The number of nitrogens with one attached hydrogen (secondary N) is 2. The monoisotopic (exact) mass is 551 g/mol. The van der Waals surface area contributed by atoms with Crippen LogP contribution in [0.4, 0.5) is 5.95 Å². The lowest BCUT2D eigenvalue weighted by molar-refractivity contribution is -0.667. The SMILES string of the molecule is CO[N+](=C(Nc1nc(C)nc(C)n1)NS(=O)(=O)c1ccc(Cl)s1)S(=O)(=O)c1ccccc1Cl. The first kappa shape index (κ1) is 25.1. The molecular formula is C17H17Cl2N6O5S3+. The summed E-state index contributed by atoms with van der Waals surface area (Å²) >= 11 is 12.7. The summed E-state index contributed by atoms with van der Waals surface area (Å²) in [5.74, 6) is -0.129. The van der Waals surface area contributed by atoms with Gasteiger partial charge in [-0.1, -0.05) is 35.3 Å². The lowest BCUT2D eigenvalue weighted by Gasteiger charge is -2.12. The molecule has 2 aromatic heterocycles. The number of thiophene rings is 1. The van der Waals surface area contributed by atoms with Crippen molar-refractivity contribution < 1.29 is 25.8 Å². The highest BCUT2D eigenvalue weighted by molar-refractivity contribution is 7.92. The Bertz CT molecular complexity index is 1420. The van der Waals surface area contributed by atoms with E-state index in [1.54, 1.807) is 19.9 Å². The fraction of sp³-hybridized carbons (Fsp3) is 0.176. The van der Waals surface area contributed by atoms with Crippen LogP contribution in [0, 0.1) is 13.8 Å². The second kappa shape index (κ2) is 9.77. The van der Waals surface area contributed by atoms with E-state index in [0.717, 1.165) is 18.4 Å². The molecule has 0 aliphatic heterocycles. The summed E-state index contributed by atoms with van der Waals surface area (Å²) in [6.07, 6.45) is 0. The van der Waals surface area contributed by atoms with E-state index in [0.29, 0.717) is 15.8 Å². The van der Waals surface area contributed by atoms with Gasteiger partial charge in [-0.2, -0.15) is 31.5 Å². The maximum absolute atomic E-state index is 13.3. The van der Waals surface area contributed by atoms with Crippen molar-refractivity contribution in [1.82, 2.24) is 19.7 Å². The number of halogens is 2. The molecular weight excluding hydrogens is 535 g/mol. The van der Waals surface area contributed by atoms with Crippen molar-refractivity contribution in [2.24, 2.45) is 0 Å². The number of anilines is 1. The topological polar surface area (TPSA) is 143 Å². The first-order chi connectivity index (χ1) is 15.4. The molecule has 0 atom stereocenters. The summed E-state index contributed by atoms with van der Waals surface area (Å²) in [6.45, 7) is 3.18. The highest BCUT2D eigenvalue weighted by Crippen LogP contribution is 2.26. The molecule has 176 valence electrons. The molecule has 3 aromatic rings. The average molecular weight is 552 g/mol. The third kappa shape index (κ3) is 5.70. The lowest BCUT2D eigenvalue weighted by Crippen LogP contribution is -2.45. The fourth-order valence-electron chi connectivity index (χ4n) is 2.56. The van der Waals surface area contributed by atoms with Crippen LogP contribution >= 0.6 is 34.5 Å². The highest BCUT2D eigenvalue weighted by atomic mass is 35.5. The maximum Gasteiger partial charge on any atom is 0.421 e. The van der Waals surface area contributed by atoms with Crippen LogP contribution in [0.1, 0.15) is 11.6 Å². The third-order valence-corrected chi connectivity index (χ3v) is 9.00. The lowest BCUT2D eigenvalue weighted by atomic mass is 10.4. The van der Waals surface area contributed by atoms with Crippen molar-refractivity contribution in [3.63, 3.8) is 0 Å². The standard InChI is InChI=1S/C17H16Cl2N6O5S3/c1-10-20-11(2)22-16(21-10)23-17(24-32(26,27)15-9-8-14(19)31-15)25(30-3)33(28,29)13-7-5-4-6-12(13)18/h4-9H,1-3H3,(H,20,21,22,23,24)/p+1. The zero-order valence-corrected chi connectivity index (χ0v) is 21.2. The van der Waals surface area contributed by atoms with Gasteiger partial charge < -0.3 is 4.84 Å². The van der Waals surface area contributed by atoms with Crippen molar-refractivity contribution in [2.45, 2.75) is 23.0 Å². The van der Waals surface area contributed by atoms with Crippen LogP contribution in [0.2, 0.25) is 9.36 Å². The van der Waals surface area contributed by atoms with Gasteiger partial charge in [0.15, 0.2) is 4.21 Å². The smallest absolute Gasteiger partial charge is 0.350 e. The van der Waals surface area contributed by atoms with Crippen LogP contribution in [0.15, 0.2) is 45.5 Å². The third-order valence-electron chi connectivity index (χ3n) is 3.81. The second-order valence-corrected chi connectivity index (χ2v) is 12.0. The van der Waals surface area contributed by atoms with Gasteiger partial charge in [-0.05, 0) is 38.1 Å². The molecule has 0 amide bonds. The predicted molar refractivity (Wildman–Crippen MR) is 123 cm³/mol. The molecule has 3 rings (SSSR count). The van der Waals surface area contributed by atoms with Gasteiger partial charge in [0.25, 0.3) is 5.95 Å². The zero-order valence-electron chi connectivity index (χ0n) is 17.3. The fourth-order valence-corrected chi connectivity index (χ4v) is 6.80. The molecule has 11 nitrogen and oxygen atoms in total. The Morgan fingerprint density at radius 2 is 1.64 bits per heavy atom. The second-order valence-electron chi connectivity index (χ2n) is 6.24. The van der Waals surface area contributed by atoms with E-state index in [1.807, 2.05) is 0 Å². The van der Waals surface area contributed by atoms with Crippen molar-refractivity contribution in [2.75, 3.05) is 12.4 Å². The minimum Gasteiger partial charge on any atom is -0.350 e. The predicted octanol–water partition coefficient (Wildman–Crippen LogP) is 2.57. The largest absolute Gasteiger partial charge is 0.421 e. The van der Waals surface area contributed by atoms with Gasteiger partial charge in [0.1, 0.15) is 23.7 Å². The van der Waals surface area contributed by atoms with Gasteiger partial charge in [0.05, 0.1) is 9.36 Å². The number of hydrogen-bond acceptors (Lipinski definition) is 9. The van der Waals surface area contributed by atoms with Gasteiger partial charge in [-0.25, -0.2) is 10.3 Å². The number of nitrogens with zero attached hydrogens (tertiary/aromatic N) is 4. The first-order valence-electron chi connectivity index (χ1n) is 8.89. The minimum atomic E-state index is -4.51. The van der Waals surface area contributed by atoms with Crippen LogP contribution in [-0.2, 0) is 24.9 Å². The van der Waals surface area contributed by atoms with E-state index in [4.69, 9.17) is 28.0 Å². The van der Waals surface area contributed by atoms with Gasteiger partial charge in [-0.15, -0.1) is 11.3 Å². The van der Waals surface area contributed by atoms with Crippen molar-refractivity contribution in [3.8, 4) is 0 Å². The number of aromatic nitrogens is 3. The Kier molecular flexibility index (Phi) is 7.43. The van der Waals surface area contributed by atoms with E-state index >= 15 is 0 Å². The van der Waals surface area contributed by atoms with E-state index in [2.05, 4.69) is 25.0 Å². The molecule has 0 saturated heterocycles. The van der Waals surface area contributed by atoms with Gasteiger partial charge >= 0.3 is 26.0 Å². The van der Waals surface area contributed by atoms with Crippen LogP contribution in [0.5, 0.6) is 0 Å². The van der Waals surface area contributed by atoms with Crippen LogP contribution in [0.3, 0.4) is 0 Å². The Balaban J connectivity index is 2.21. The first-order valence-corrected chi connectivity index (χ1v) is 13.4. The Morgan fingerprint density at radius 1 is 1.00 bits per heavy atom. The molecule has 33 heavy (non-hydrogen) atoms. The van der Waals surface area contributed by atoms with Gasteiger partial charge in [0, 0.05) is 4.14 Å². The average Bonchev–Trinajstić information content (AvgIpc) is 3.15. The number of hydrogen-bond donors (Lipinski definition) is 2. The zero-order chi connectivity index (χ0) is 24.4. The van der Waals surface area contributed by atoms with Crippen LogP contribution in [0.25, 0.3) is 0 Å². The Hall–Kier alpha value is -2.52. The molecule has 0 fully saturated rings. The van der Waals surface area contributed by atoms with E-state index < -0.39 is 26.0 Å². The van der Waals surface area contributed by atoms with Crippen LogP contribution < -0.4 is 10.0 Å². The Morgan fingerprint density at radius 3 is 2.18 bits per heavy atom. The molecule has 0 radical (unpaired) electrons. The summed E-state index contributed by atoms with van der Waals surface area (Å²) in [5.41, 5.74) is 0. The molecule has 0 spiro atoms. The normalized spacial score (nSPS) is 12.8. The summed E-state index contributed by atoms with van der Waals surface area (Å²) in [7, 11) is -7.77. The molecule has 16 heteroatoms. The molecule has 0 unspecified atom stereocenters. The van der Waals surface area contributed by atoms with Crippen molar-refractivity contribution in [3.05, 3.63) is 57.4 Å².